The summed E-state index contributed by atoms with van der Waals surface area (Å²) in [6.07, 6.45) is 8.71. The number of esters is 1. The molecule has 1 aliphatic carbocycles. The molecule has 0 aromatic heterocycles. The Bertz CT molecular complexity index is 212. The van der Waals surface area contributed by atoms with Crippen LogP contribution in [0, 0.1) is 5.92 Å². The van der Waals surface area contributed by atoms with Crippen molar-refractivity contribution < 1.29 is 9.53 Å². The lowest BCUT2D eigenvalue weighted by Crippen LogP contribution is -2.38. The third-order valence-electron chi connectivity index (χ3n) is 3.69. The van der Waals surface area contributed by atoms with Gasteiger partial charge in [-0.05, 0) is 32.1 Å². The van der Waals surface area contributed by atoms with E-state index in [2.05, 4.69) is 19.2 Å². The molecule has 0 saturated heterocycles. The van der Waals surface area contributed by atoms with E-state index in [-0.39, 0.29) is 5.97 Å². The van der Waals surface area contributed by atoms with Gasteiger partial charge in [-0.2, -0.15) is 0 Å². The van der Waals surface area contributed by atoms with Crippen LogP contribution in [-0.2, 0) is 9.53 Å². The third-order valence-corrected chi connectivity index (χ3v) is 3.69. The van der Waals surface area contributed by atoms with Crippen LogP contribution in [0.2, 0.25) is 0 Å². The van der Waals surface area contributed by atoms with E-state index < -0.39 is 0 Å². The van der Waals surface area contributed by atoms with Crippen LogP contribution in [0.4, 0.5) is 0 Å². The molecule has 0 radical (unpaired) electrons. The van der Waals surface area contributed by atoms with Gasteiger partial charge in [-0.1, -0.05) is 32.6 Å². The SMILES string of the molecule is CCCCOC(=O)CN[C@@H](C)C1CCCCC1. The minimum atomic E-state index is -0.110. The summed E-state index contributed by atoms with van der Waals surface area (Å²) in [5, 5.41) is 3.30. The molecule has 0 heterocycles. The van der Waals surface area contributed by atoms with Crippen molar-refractivity contribution in [1.82, 2.24) is 5.32 Å². The van der Waals surface area contributed by atoms with Gasteiger partial charge in [0.15, 0.2) is 0 Å². The van der Waals surface area contributed by atoms with Crippen molar-refractivity contribution in [3.63, 3.8) is 0 Å². The fourth-order valence-electron chi connectivity index (χ4n) is 2.43. The normalized spacial score (nSPS) is 18.9. The first kappa shape index (κ1) is 14.5. The van der Waals surface area contributed by atoms with Crippen LogP contribution >= 0.6 is 0 Å². The molecule has 1 N–H and O–H groups in total. The van der Waals surface area contributed by atoms with Gasteiger partial charge in [0.2, 0.25) is 0 Å². The monoisotopic (exact) mass is 241 g/mol. The zero-order chi connectivity index (χ0) is 12.5. The molecule has 0 amide bonds. The van der Waals surface area contributed by atoms with Crippen molar-refractivity contribution in [2.75, 3.05) is 13.2 Å². The van der Waals surface area contributed by atoms with Crippen molar-refractivity contribution in [2.24, 2.45) is 5.92 Å². The predicted octanol–water partition coefficient (Wildman–Crippen LogP) is 2.89. The van der Waals surface area contributed by atoms with E-state index in [0.717, 1.165) is 18.8 Å². The second-order valence-electron chi connectivity index (χ2n) is 5.14. The van der Waals surface area contributed by atoms with E-state index >= 15 is 0 Å². The lowest BCUT2D eigenvalue weighted by Gasteiger charge is -2.28. The molecule has 3 heteroatoms. The molecule has 1 saturated carbocycles. The Morgan fingerprint density at radius 2 is 2.06 bits per heavy atom. The van der Waals surface area contributed by atoms with Gasteiger partial charge in [-0.25, -0.2) is 0 Å². The number of carbonyl (C=O) groups excluding carboxylic acids is 1. The molecule has 0 aliphatic heterocycles. The van der Waals surface area contributed by atoms with Crippen LogP contribution in [0.3, 0.4) is 0 Å². The number of unbranched alkanes of at least 4 members (excludes halogenated alkanes) is 1. The molecule has 17 heavy (non-hydrogen) atoms. The number of ether oxygens (including phenoxy) is 1. The maximum Gasteiger partial charge on any atom is 0.319 e. The summed E-state index contributed by atoms with van der Waals surface area (Å²) in [6, 6.07) is 0.439. The minimum absolute atomic E-state index is 0.110. The molecule has 0 spiro atoms. The molecule has 1 fully saturated rings. The number of hydrogen-bond donors (Lipinski definition) is 1. The Labute approximate surface area is 105 Å². The van der Waals surface area contributed by atoms with Crippen LogP contribution in [0.15, 0.2) is 0 Å². The molecular formula is C14H27NO2. The Kier molecular flexibility index (Phi) is 7.25. The summed E-state index contributed by atoms with van der Waals surface area (Å²) in [7, 11) is 0. The molecule has 1 aliphatic rings. The second-order valence-corrected chi connectivity index (χ2v) is 5.14. The standard InChI is InChI=1S/C14H27NO2/c1-3-4-10-17-14(16)11-15-12(2)13-8-6-5-7-9-13/h12-13,15H,3-11H2,1-2H3/t12-/m0/s1. The molecule has 100 valence electrons. The first-order valence-corrected chi connectivity index (χ1v) is 7.13. The largest absolute Gasteiger partial charge is 0.465 e. The first-order chi connectivity index (χ1) is 8.24. The number of nitrogens with one attached hydrogen (secondary N) is 1. The maximum atomic E-state index is 11.4. The lowest BCUT2D eigenvalue weighted by molar-refractivity contribution is -0.142. The highest BCUT2D eigenvalue weighted by atomic mass is 16.5. The van der Waals surface area contributed by atoms with E-state index in [9.17, 15) is 4.79 Å². The molecule has 0 unspecified atom stereocenters. The summed E-state index contributed by atoms with van der Waals surface area (Å²) >= 11 is 0. The fraction of sp³-hybridized carbons (Fsp3) is 0.929. The summed E-state index contributed by atoms with van der Waals surface area (Å²) in [6.45, 7) is 5.21. The number of carbonyl (C=O) groups is 1. The van der Waals surface area contributed by atoms with E-state index in [4.69, 9.17) is 4.74 Å². The van der Waals surface area contributed by atoms with Crippen LogP contribution in [0.1, 0.15) is 58.8 Å². The highest BCUT2D eigenvalue weighted by Crippen LogP contribution is 2.26. The molecule has 1 rings (SSSR count). The van der Waals surface area contributed by atoms with E-state index in [1.54, 1.807) is 0 Å². The number of hydrogen-bond acceptors (Lipinski definition) is 3. The van der Waals surface area contributed by atoms with Crippen molar-refractivity contribution in [1.29, 1.82) is 0 Å². The molecule has 1 atom stereocenters. The van der Waals surface area contributed by atoms with Gasteiger partial charge in [-0.3, -0.25) is 4.79 Å². The molecule has 0 aromatic rings. The molecule has 0 bridgehead atoms. The Morgan fingerprint density at radius 1 is 1.35 bits per heavy atom. The maximum absolute atomic E-state index is 11.4. The Hall–Kier alpha value is -0.570. The molecular weight excluding hydrogens is 214 g/mol. The van der Waals surface area contributed by atoms with Gasteiger partial charge in [0.05, 0.1) is 13.2 Å². The van der Waals surface area contributed by atoms with E-state index in [1.807, 2.05) is 0 Å². The van der Waals surface area contributed by atoms with Crippen LogP contribution in [-0.4, -0.2) is 25.2 Å². The third kappa shape index (κ3) is 6.06. The van der Waals surface area contributed by atoms with Crippen molar-refractivity contribution in [3.8, 4) is 0 Å². The van der Waals surface area contributed by atoms with Gasteiger partial charge in [0.25, 0.3) is 0 Å². The zero-order valence-corrected chi connectivity index (χ0v) is 11.3. The highest BCUT2D eigenvalue weighted by molar-refractivity contribution is 5.71. The Balaban J connectivity index is 2.09. The molecule has 3 nitrogen and oxygen atoms in total. The Morgan fingerprint density at radius 3 is 2.71 bits per heavy atom. The van der Waals surface area contributed by atoms with Gasteiger partial charge in [0, 0.05) is 6.04 Å². The van der Waals surface area contributed by atoms with Gasteiger partial charge >= 0.3 is 5.97 Å². The number of rotatable bonds is 7. The minimum Gasteiger partial charge on any atom is -0.465 e. The van der Waals surface area contributed by atoms with Crippen LogP contribution < -0.4 is 5.32 Å². The summed E-state index contributed by atoms with van der Waals surface area (Å²) in [4.78, 5) is 11.4. The van der Waals surface area contributed by atoms with Gasteiger partial charge < -0.3 is 10.1 Å². The zero-order valence-electron chi connectivity index (χ0n) is 11.3. The van der Waals surface area contributed by atoms with E-state index in [1.165, 1.54) is 32.1 Å². The summed E-state index contributed by atoms with van der Waals surface area (Å²) < 4.78 is 5.12. The second kappa shape index (κ2) is 8.51. The highest BCUT2D eigenvalue weighted by Gasteiger charge is 2.20. The van der Waals surface area contributed by atoms with Crippen LogP contribution in [0.5, 0.6) is 0 Å². The fourth-order valence-corrected chi connectivity index (χ4v) is 2.43. The van der Waals surface area contributed by atoms with Crippen molar-refractivity contribution >= 4 is 5.97 Å². The van der Waals surface area contributed by atoms with E-state index in [0.29, 0.717) is 19.2 Å². The average molecular weight is 241 g/mol. The summed E-state index contributed by atoms with van der Waals surface area (Å²) in [5.74, 6) is 0.633. The predicted molar refractivity (Wildman–Crippen MR) is 69.9 cm³/mol. The summed E-state index contributed by atoms with van der Waals surface area (Å²) in [5.41, 5.74) is 0. The lowest BCUT2D eigenvalue weighted by atomic mass is 9.84. The first-order valence-electron chi connectivity index (χ1n) is 7.13. The van der Waals surface area contributed by atoms with Crippen LogP contribution in [0.25, 0.3) is 0 Å². The van der Waals surface area contributed by atoms with Crippen molar-refractivity contribution in [3.05, 3.63) is 0 Å². The van der Waals surface area contributed by atoms with Crippen molar-refractivity contribution in [2.45, 2.75) is 64.8 Å². The smallest absolute Gasteiger partial charge is 0.319 e. The van der Waals surface area contributed by atoms with Gasteiger partial charge in [0.1, 0.15) is 0 Å². The topological polar surface area (TPSA) is 38.3 Å². The average Bonchev–Trinajstić information content (AvgIpc) is 2.37. The van der Waals surface area contributed by atoms with Gasteiger partial charge in [-0.15, -0.1) is 0 Å². The molecule has 0 aromatic carbocycles. The quantitative estimate of drug-likeness (QED) is 0.550.